The topological polar surface area (TPSA) is 28.2 Å². The molecular formula is C15H22ClN3. The highest BCUT2D eigenvalue weighted by Crippen LogP contribution is 2.26. The molecule has 104 valence electrons. The SMILES string of the molecule is C=CCN(c1ncc(CNC2CC2)cc1Cl)C(C)C. The lowest BCUT2D eigenvalue weighted by Crippen LogP contribution is -2.31. The van der Waals surface area contributed by atoms with Crippen LogP contribution in [0.4, 0.5) is 5.82 Å². The van der Waals surface area contributed by atoms with Crippen molar-refractivity contribution in [1.82, 2.24) is 10.3 Å². The fraction of sp³-hybridized carbons (Fsp3) is 0.533. The van der Waals surface area contributed by atoms with E-state index >= 15 is 0 Å². The summed E-state index contributed by atoms with van der Waals surface area (Å²) in [5.74, 6) is 0.840. The number of pyridine rings is 1. The summed E-state index contributed by atoms with van der Waals surface area (Å²) in [5, 5.41) is 4.18. The number of halogens is 1. The Morgan fingerprint density at radius 2 is 2.32 bits per heavy atom. The van der Waals surface area contributed by atoms with Crippen molar-refractivity contribution in [2.45, 2.75) is 45.3 Å². The standard InChI is InChI=1S/C15H22ClN3/c1-4-7-19(11(2)3)15-14(16)8-12(10-18-15)9-17-13-5-6-13/h4,8,10-11,13,17H,1,5-7,9H2,2-3H3. The third kappa shape index (κ3) is 3.95. The Labute approximate surface area is 120 Å². The van der Waals surface area contributed by atoms with Crippen molar-refractivity contribution >= 4 is 17.4 Å². The van der Waals surface area contributed by atoms with Crippen molar-refractivity contribution in [2.75, 3.05) is 11.4 Å². The van der Waals surface area contributed by atoms with E-state index in [-0.39, 0.29) is 0 Å². The van der Waals surface area contributed by atoms with E-state index in [0.717, 1.165) is 24.5 Å². The van der Waals surface area contributed by atoms with Crippen molar-refractivity contribution in [3.63, 3.8) is 0 Å². The van der Waals surface area contributed by atoms with E-state index < -0.39 is 0 Å². The Balaban J connectivity index is 2.09. The fourth-order valence-corrected chi connectivity index (χ4v) is 2.31. The Morgan fingerprint density at radius 3 is 2.84 bits per heavy atom. The van der Waals surface area contributed by atoms with Crippen LogP contribution in [0.25, 0.3) is 0 Å². The summed E-state index contributed by atoms with van der Waals surface area (Å²) in [6.45, 7) is 9.65. The number of aromatic nitrogens is 1. The lowest BCUT2D eigenvalue weighted by molar-refractivity contribution is 0.682. The van der Waals surface area contributed by atoms with Crippen LogP contribution < -0.4 is 10.2 Å². The molecule has 0 atom stereocenters. The van der Waals surface area contributed by atoms with Crippen molar-refractivity contribution < 1.29 is 0 Å². The van der Waals surface area contributed by atoms with Crippen LogP contribution >= 0.6 is 11.6 Å². The molecule has 0 bridgehead atoms. The summed E-state index contributed by atoms with van der Waals surface area (Å²) in [4.78, 5) is 6.67. The fourth-order valence-electron chi connectivity index (χ4n) is 2.01. The van der Waals surface area contributed by atoms with Gasteiger partial charge in [-0.1, -0.05) is 17.7 Å². The van der Waals surface area contributed by atoms with Gasteiger partial charge in [-0.15, -0.1) is 6.58 Å². The van der Waals surface area contributed by atoms with Crippen molar-refractivity contribution in [3.8, 4) is 0 Å². The van der Waals surface area contributed by atoms with Crippen molar-refractivity contribution in [2.24, 2.45) is 0 Å². The molecule has 0 saturated heterocycles. The third-order valence-corrected chi connectivity index (χ3v) is 3.55. The highest BCUT2D eigenvalue weighted by Gasteiger charge is 2.20. The molecule has 1 fully saturated rings. The Hall–Kier alpha value is -1.06. The van der Waals surface area contributed by atoms with Crippen molar-refractivity contribution in [1.29, 1.82) is 0 Å². The van der Waals surface area contributed by atoms with Crippen LogP contribution in [0.3, 0.4) is 0 Å². The molecule has 1 aromatic heterocycles. The molecule has 0 radical (unpaired) electrons. The number of nitrogens with one attached hydrogen (secondary N) is 1. The maximum absolute atomic E-state index is 6.37. The largest absolute Gasteiger partial charge is 0.349 e. The van der Waals surface area contributed by atoms with E-state index in [1.165, 1.54) is 12.8 Å². The highest BCUT2D eigenvalue weighted by molar-refractivity contribution is 6.33. The van der Waals surface area contributed by atoms with Gasteiger partial charge in [0.25, 0.3) is 0 Å². The van der Waals surface area contributed by atoms with Crippen LogP contribution in [-0.4, -0.2) is 23.6 Å². The smallest absolute Gasteiger partial charge is 0.147 e. The Morgan fingerprint density at radius 1 is 1.58 bits per heavy atom. The molecule has 1 saturated carbocycles. The second kappa shape index (κ2) is 6.40. The summed E-state index contributed by atoms with van der Waals surface area (Å²) in [6, 6.07) is 3.06. The van der Waals surface area contributed by atoms with Gasteiger partial charge in [-0.05, 0) is 38.3 Å². The van der Waals surface area contributed by atoms with Gasteiger partial charge in [-0.25, -0.2) is 4.98 Å². The molecule has 4 heteroatoms. The first-order chi connectivity index (χ1) is 9.11. The van der Waals surface area contributed by atoms with Crippen LogP contribution in [0, 0.1) is 0 Å². The van der Waals surface area contributed by atoms with E-state index in [4.69, 9.17) is 11.6 Å². The summed E-state index contributed by atoms with van der Waals surface area (Å²) in [7, 11) is 0. The van der Waals surface area contributed by atoms with Crippen LogP contribution in [0.1, 0.15) is 32.3 Å². The number of hydrogen-bond donors (Lipinski definition) is 1. The predicted octanol–water partition coefficient (Wildman–Crippen LogP) is 3.39. The maximum atomic E-state index is 6.37. The van der Waals surface area contributed by atoms with Gasteiger partial charge >= 0.3 is 0 Å². The normalized spacial score (nSPS) is 14.7. The van der Waals surface area contributed by atoms with Crippen LogP contribution in [0.2, 0.25) is 5.02 Å². The molecule has 3 nitrogen and oxygen atoms in total. The Bertz CT molecular complexity index is 441. The van der Waals surface area contributed by atoms with E-state index in [1.807, 2.05) is 18.3 Å². The second-order valence-electron chi connectivity index (χ2n) is 5.34. The van der Waals surface area contributed by atoms with E-state index in [0.29, 0.717) is 17.1 Å². The van der Waals surface area contributed by atoms with E-state index in [2.05, 4.69) is 35.6 Å². The van der Waals surface area contributed by atoms with Gasteiger partial charge in [0.1, 0.15) is 5.82 Å². The average molecular weight is 280 g/mol. The first-order valence-corrected chi connectivity index (χ1v) is 7.25. The zero-order valence-corrected chi connectivity index (χ0v) is 12.5. The van der Waals surface area contributed by atoms with Crippen LogP contribution in [0.15, 0.2) is 24.9 Å². The zero-order valence-electron chi connectivity index (χ0n) is 11.7. The highest BCUT2D eigenvalue weighted by atomic mass is 35.5. The lowest BCUT2D eigenvalue weighted by atomic mass is 10.2. The molecule has 19 heavy (non-hydrogen) atoms. The Kier molecular flexibility index (Phi) is 4.83. The van der Waals surface area contributed by atoms with Gasteiger partial charge in [0.15, 0.2) is 0 Å². The van der Waals surface area contributed by atoms with Crippen molar-refractivity contribution in [3.05, 3.63) is 35.5 Å². The monoisotopic (exact) mass is 279 g/mol. The number of nitrogens with zero attached hydrogens (tertiary/aromatic N) is 2. The van der Waals surface area contributed by atoms with Crippen LogP contribution in [-0.2, 0) is 6.54 Å². The minimum absolute atomic E-state index is 0.346. The van der Waals surface area contributed by atoms with Gasteiger partial charge in [-0.3, -0.25) is 0 Å². The van der Waals surface area contributed by atoms with Crippen LogP contribution in [0.5, 0.6) is 0 Å². The molecule has 1 N–H and O–H groups in total. The molecule has 0 unspecified atom stereocenters. The molecular weight excluding hydrogens is 258 g/mol. The lowest BCUT2D eigenvalue weighted by Gasteiger charge is -2.27. The number of hydrogen-bond acceptors (Lipinski definition) is 3. The molecule has 2 rings (SSSR count). The molecule has 0 aliphatic heterocycles. The van der Waals surface area contributed by atoms with E-state index in [1.54, 1.807) is 0 Å². The third-order valence-electron chi connectivity index (χ3n) is 3.27. The molecule has 1 heterocycles. The van der Waals surface area contributed by atoms with Gasteiger partial charge in [-0.2, -0.15) is 0 Å². The molecule has 1 aliphatic carbocycles. The zero-order chi connectivity index (χ0) is 13.8. The van der Waals surface area contributed by atoms with Gasteiger partial charge < -0.3 is 10.2 Å². The summed E-state index contributed by atoms with van der Waals surface area (Å²) >= 11 is 6.37. The second-order valence-corrected chi connectivity index (χ2v) is 5.75. The predicted molar refractivity (Wildman–Crippen MR) is 81.8 cm³/mol. The summed E-state index contributed by atoms with van der Waals surface area (Å²) in [5.41, 5.74) is 1.14. The molecule has 1 aliphatic rings. The molecule has 0 aromatic carbocycles. The van der Waals surface area contributed by atoms with E-state index in [9.17, 15) is 0 Å². The first-order valence-electron chi connectivity index (χ1n) is 6.87. The number of anilines is 1. The minimum atomic E-state index is 0.346. The summed E-state index contributed by atoms with van der Waals surface area (Å²) < 4.78 is 0. The molecule has 0 amide bonds. The summed E-state index contributed by atoms with van der Waals surface area (Å²) in [6.07, 6.45) is 6.37. The van der Waals surface area contributed by atoms with Gasteiger partial charge in [0.05, 0.1) is 5.02 Å². The molecule has 0 spiro atoms. The first kappa shape index (κ1) is 14.4. The average Bonchev–Trinajstić information content (AvgIpc) is 3.18. The van der Waals surface area contributed by atoms with Gasteiger partial charge in [0.2, 0.25) is 0 Å². The van der Waals surface area contributed by atoms with Gasteiger partial charge in [0, 0.05) is 31.4 Å². The maximum Gasteiger partial charge on any atom is 0.147 e. The minimum Gasteiger partial charge on any atom is -0.349 e. The quantitative estimate of drug-likeness (QED) is 0.776. The number of rotatable bonds is 7. The molecule has 1 aromatic rings.